The lowest BCUT2D eigenvalue weighted by Crippen LogP contribution is -2.48. The molecule has 1 fully saturated rings. The van der Waals surface area contributed by atoms with Crippen molar-refractivity contribution in [3.8, 4) is 6.07 Å². The summed E-state index contributed by atoms with van der Waals surface area (Å²) in [5, 5.41) is 17.9. The molecule has 2 heterocycles. The lowest BCUT2D eigenvalue weighted by Gasteiger charge is -2.39. The average Bonchev–Trinajstić information content (AvgIpc) is 2.74. The highest BCUT2D eigenvalue weighted by Gasteiger charge is 2.30. The fourth-order valence-electron chi connectivity index (χ4n) is 4.09. The Balaban J connectivity index is 1.81. The number of likely N-dealkylation sites (N-methyl/N-ethyl adjacent to an activating group) is 1. The normalized spacial score (nSPS) is 17.4. The monoisotopic (exact) mass is 450 g/mol. The highest BCUT2D eigenvalue weighted by molar-refractivity contribution is 7.71. The zero-order valence-electron chi connectivity index (χ0n) is 17.7. The zero-order valence-corrected chi connectivity index (χ0v) is 18.5. The SMILES string of the molecule is CN(c1c(C#N)c(=N)n(C)c(=S)n1C)C1CCCN(Cc2ccc(C(F)(F)F)cc2)C1. The van der Waals surface area contributed by atoms with Crippen molar-refractivity contribution < 1.29 is 13.2 Å². The maximum atomic E-state index is 12.8. The molecule has 1 aromatic heterocycles. The molecule has 1 aliphatic rings. The minimum Gasteiger partial charge on any atom is -0.356 e. The van der Waals surface area contributed by atoms with E-state index in [1.54, 1.807) is 18.7 Å². The zero-order chi connectivity index (χ0) is 22.9. The molecular formula is C21H25F3N6S. The van der Waals surface area contributed by atoms with Crippen molar-refractivity contribution in [2.45, 2.75) is 31.6 Å². The third-order valence-corrected chi connectivity index (χ3v) is 6.40. The maximum absolute atomic E-state index is 12.8. The first-order valence-electron chi connectivity index (χ1n) is 9.90. The second-order valence-electron chi connectivity index (χ2n) is 7.90. The third kappa shape index (κ3) is 4.67. The molecule has 0 spiro atoms. The molecule has 0 bridgehead atoms. The molecule has 1 N–H and O–H groups in total. The molecule has 1 saturated heterocycles. The van der Waals surface area contributed by atoms with Gasteiger partial charge in [-0.15, -0.1) is 0 Å². The molecule has 0 saturated carbocycles. The van der Waals surface area contributed by atoms with Crippen LogP contribution in [-0.2, 0) is 26.8 Å². The molecule has 1 unspecified atom stereocenters. The van der Waals surface area contributed by atoms with E-state index in [0.29, 0.717) is 23.7 Å². The smallest absolute Gasteiger partial charge is 0.356 e. The van der Waals surface area contributed by atoms with Crippen LogP contribution in [0.1, 0.15) is 29.5 Å². The standard InChI is InChI=1S/C21H25F3N6S/c1-27(19-17(11-25)18(26)28(2)20(31)29(19)3)16-5-4-10-30(13-16)12-14-6-8-15(9-7-14)21(22,23)24/h6-9,16,26H,4-5,10,12-13H2,1-3H3. The summed E-state index contributed by atoms with van der Waals surface area (Å²) in [7, 11) is 5.36. The first-order chi connectivity index (χ1) is 14.5. The van der Waals surface area contributed by atoms with Crippen LogP contribution in [-0.4, -0.2) is 40.2 Å². The summed E-state index contributed by atoms with van der Waals surface area (Å²) in [5.74, 6) is 0.608. The van der Waals surface area contributed by atoms with Gasteiger partial charge in [0.1, 0.15) is 22.9 Å². The Kier molecular flexibility index (Phi) is 6.57. The number of alkyl halides is 3. The molecule has 0 aliphatic carbocycles. The van der Waals surface area contributed by atoms with Gasteiger partial charge in [-0.2, -0.15) is 18.4 Å². The molecule has 1 aliphatic heterocycles. The van der Waals surface area contributed by atoms with Crippen LogP contribution in [0.25, 0.3) is 0 Å². The third-order valence-electron chi connectivity index (χ3n) is 5.85. The lowest BCUT2D eigenvalue weighted by atomic mass is 10.0. The summed E-state index contributed by atoms with van der Waals surface area (Å²) >= 11 is 5.42. The van der Waals surface area contributed by atoms with Crippen molar-refractivity contribution in [1.29, 1.82) is 10.7 Å². The molecule has 166 valence electrons. The number of hydrogen-bond donors (Lipinski definition) is 1. The topological polar surface area (TPSA) is 64.0 Å². The number of piperidine rings is 1. The molecular weight excluding hydrogens is 425 g/mol. The van der Waals surface area contributed by atoms with E-state index in [0.717, 1.165) is 37.1 Å². The number of nitriles is 1. The van der Waals surface area contributed by atoms with E-state index in [4.69, 9.17) is 17.6 Å². The number of anilines is 1. The van der Waals surface area contributed by atoms with Crippen molar-refractivity contribution in [1.82, 2.24) is 14.0 Å². The lowest BCUT2D eigenvalue weighted by molar-refractivity contribution is -0.137. The predicted octanol–water partition coefficient (Wildman–Crippen LogP) is 3.56. The van der Waals surface area contributed by atoms with Gasteiger partial charge in [0.15, 0.2) is 4.77 Å². The summed E-state index contributed by atoms with van der Waals surface area (Å²) in [5.41, 5.74) is 0.519. The first kappa shape index (κ1) is 23.0. The Morgan fingerprint density at radius 1 is 1.23 bits per heavy atom. The van der Waals surface area contributed by atoms with Gasteiger partial charge in [-0.25, -0.2) is 0 Å². The molecule has 0 amide bonds. The summed E-state index contributed by atoms with van der Waals surface area (Å²) in [6.45, 7) is 2.10. The summed E-state index contributed by atoms with van der Waals surface area (Å²) < 4.78 is 42.1. The molecule has 1 atom stereocenters. The molecule has 6 nitrogen and oxygen atoms in total. The van der Waals surface area contributed by atoms with E-state index in [2.05, 4.69) is 11.0 Å². The quantitative estimate of drug-likeness (QED) is 0.724. The van der Waals surface area contributed by atoms with E-state index in [1.807, 2.05) is 11.9 Å². The first-order valence-corrected chi connectivity index (χ1v) is 10.3. The molecule has 0 radical (unpaired) electrons. The fraction of sp³-hybridized carbons (Fsp3) is 0.476. The van der Waals surface area contributed by atoms with Gasteiger partial charge in [-0.3, -0.25) is 10.3 Å². The summed E-state index contributed by atoms with van der Waals surface area (Å²) in [4.78, 5) is 4.21. The largest absolute Gasteiger partial charge is 0.416 e. The van der Waals surface area contributed by atoms with Crippen LogP contribution in [0, 0.1) is 21.5 Å². The Hall–Kier alpha value is -2.64. The Morgan fingerprint density at radius 2 is 1.87 bits per heavy atom. The second-order valence-corrected chi connectivity index (χ2v) is 8.26. The second kappa shape index (κ2) is 8.85. The highest BCUT2D eigenvalue weighted by atomic mass is 32.1. The molecule has 10 heteroatoms. The van der Waals surface area contributed by atoms with Crippen molar-refractivity contribution in [3.63, 3.8) is 0 Å². The maximum Gasteiger partial charge on any atom is 0.416 e. The van der Waals surface area contributed by atoms with E-state index in [1.165, 1.54) is 16.7 Å². The van der Waals surface area contributed by atoms with Gasteiger partial charge in [-0.1, -0.05) is 12.1 Å². The van der Waals surface area contributed by atoms with Gasteiger partial charge < -0.3 is 14.0 Å². The number of aromatic nitrogens is 2. The van der Waals surface area contributed by atoms with Crippen molar-refractivity contribution >= 4 is 18.0 Å². The van der Waals surface area contributed by atoms with Crippen LogP contribution in [0.3, 0.4) is 0 Å². The van der Waals surface area contributed by atoms with Crippen molar-refractivity contribution in [2.75, 3.05) is 25.0 Å². The van der Waals surface area contributed by atoms with E-state index < -0.39 is 11.7 Å². The minimum atomic E-state index is -4.34. The van der Waals surface area contributed by atoms with Crippen LogP contribution < -0.4 is 10.4 Å². The van der Waals surface area contributed by atoms with E-state index >= 15 is 0 Å². The summed E-state index contributed by atoms with van der Waals surface area (Å²) in [6, 6.07) is 7.51. The number of halogens is 3. The van der Waals surface area contributed by atoms with Gasteiger partial charge in [-0.05, 0) is 49.3 Å². The van der Waals surface area contributed by atoms with Gasteiger partial charge >= 0.3 is 6.18 Å². The van der Waals surface area contributed by atoms with E-state index in [9.17, 15) is 18.4 Å². The molecule has 2 aromatic rings. The van der Waals surface area contributed by atoms with Crippen LogP contribution in [0.15, 0.2) is 24.3 Å². The predicted molar refractivity (Wildman–Crippen MR) is 114 cm³/mol. The Morgan fingerprint density at radius 3 is 2.45 bits per heavy atom. The summed E-state index contributed by atoms with van der Waals surface area (Å²) in [6.07, 6.45) is -2.50. The van der Waals surface area contributed by atoms with Crippen LogP contribution in [0.2, 0.25) is 0 Å². The fourth-order valence-corrected chi connectivity index (χ4v) is 4.27. The van der Waals surface area contributed by atoms with Gasteiger partial charge in [0.25, 0.3) is 0 Å². The molecule has 1 aromatic carbocycles. The van der Waals surface area contributed by atoms with Crippen LogP contribution in [0.4, 0.5) is 19.0 Å². The number of rotatable bonds is 4. The van der Waals surface area contributed by atoms with Crippen molar-refractivity contribution in [2.24, 2.45) is 14.1 Å². The molecule has 3 rings (SSSR count). The van der Waals surface area contributed by atoms with Crippen molar-refractivity contribution in [3.05, 3.63) is 51.2 Å². The number of likely N-dealkylation sites (tertiary alicyclic amines) is 1. The number of benzene rings is 1. The minimum absolute atomic E-state index is 0.0740. The van der Waals surface area contributed by atoms with Crippen LogP contribution in [0.5, 0.6) is 0 Å². The average molecular weight is 451 g/mol. The Bertz CT molecular complexity index is 1110. The Labute approximate surface area is 184 Å². The van der Waals surface area contributed by atoms with Gasteiger partial charge in [0, 0.05) is 40.3 Å². The van der Waals surface area contributed by atoms with Gasteiger partial charge in [0.2, 0.25) is 0 Å². The molecule has 31 heavy (non-hydrogen) atoms. The number of hydrogen-bond acceptors (Lipinski definition) is 5. The van der Waals surface area contributed by atoms with Crippen LogP contribution >= 0.6 is 12.2 Å². The van der Waals surface area contributed by atoms with E-state index in [-0.39, 0.29) is 17.1 Å². The van der Waals surface area contributed by atoms with Gasteiger partial charge in [0.05, 0.1) is 5.56 Å². The number of nitrogens with zero attached hydrogens (tertiary/aromatic N) is 5. The highest BCUT2D eigenvalue weighted by Crippen LogP contribution is 2.29. The number of nitrogens with one attached hydrogen (secondary N) is 1.